The molecule has 0 atom stereocenters. The van der Waals surface area contributed by atoms with Crippen LogP contribution in [-0.4, -0.2) is 21.6 Å². The predicted molar refractivity (Wildman–Crippen MR) is 109 cm³/mol. The predicted octanol–water partition coefficient (Wildman–Crippen LogP) is 4.46. The molecular formula is C21H18FN3O2S. The maximum absolute atomic E-state index is 13.4. The molecule has 4 aromatic rings. The molecule has 0 aliphatic heterocycles. The molecule has 0 aliphatic carbocycles. The highest BCUT2D eigenvalue weighted by Crippen LogP contribution is 2.26. The Morgan fingerprint density at radius 3 is 2.71 bits per heavy atom. The Hall–Kier alpha value is -3.06. The summed E-state index contributed by atoms with van der Waals surface area (Å²) in [6, 6.07) is 15.4. The highest BCUT2D eigenvalue weighted by molar-refractivity contribution is 7.98. The van der Waals surface area contributed by atoms with Crippen LogP contribution in [0.5, 0.6) is 5.75 Å². The topological polar surface area (TPSA) is 59.9 Å². The number of rotatable bonds is 5. The van der Waals surface area contributed by atoms with Gasteiger partial charge in [0.25, 0.3) is 5.56 Å². The van der Waals surface area contributed by atoms with Crippen molar-refractivity contribution in [3.05, 3.63) is 82.0 Å². The highest BCUT2D eigenvalue weighted by atomic mass is 32.2. The Balaban J connectivity index is 1.80. The van der Waals surface area contributed by atoms with Crippen molar-refractivity contribution in [2.45, 2.75) is 17.8 Å². The fourth-order valence-corrected chi connectivity index (χ4v) is 3.96. The van der Waals surface area contributed by atoms with Gasteiger partial charge in [0.2, 0.25) is 0 Å². The minimum atomic E-state index is -0.355. The number of nitrogens with zero attached hydrogens (tertiary/aromatic N) is 2. The molecule has 0 unspecified atom stereocenters. The molecule has 2 heterocycles. The Morgan fingerprint density at radius 1 is 1.18 bits per heavy atom. The van der Waals surface area contributed by atoms with E-state index in [2.05, 4.69) is 9.97 Å². The van der Waals surface area contributed by atoms with Gasteiger partial charge in [-0.2, -0.15) is 0 Å². The quantitative estimate of drug-likeness (QED) is 0.400. The van der Waals surface area contributed by atoms with Gasteiger partial charge in [-0.25, -0.2) is 9.37 Å². The summed E-state index contributed by atoms with van der Waals surface area (Å²) in [6.07, 6.45) is 0. The summed E-state index contributed by atoms with van der Waals surface area (Å²) in [6.45, 7) is 1.88. The van der Waals surface area contributed by atoms with E-state index in [-0.39, 0.29) is 11.4 Å². The molecule has 0 spiro atoms. The smallest absolute Gasteiger partial charge is 0.283 e. The Morgan fingerprint density at radius 2 is 1.96 bits per heavy atom. The first-order valence-electron chi connectivity index (χ1n) is 8.69. The molecule has 28 heavy (non-hydrogen) atoms. The number of hydrogen-bond acceptors (Lipinski definition) is 4. The first-order chi connectivity index (χ1) is 13.5. The number of H-pyrrole nitrogens is 1. The lowest BCUT2D eigenvalue weighted by Gasteiger charge is -2.12. The van der Waals surface area contributed by atoms with Crippen molar-refractivity contribution in [2.24, 2.45) is 0 Å². The zero-order valence-corrected chi connectivity index (χ0v) is 16.2. The van der Waals surface area contributed by atoms with Crippen LogP contribution >= 0.6 is 11.8 Å². The van der Waals surface area contributed by atoms with E-state index >= 15 is 0 Å². The van der Waals surface area contributed by atoms with Gasteiger partial charge in [0.15, 0.2) is 5.16 Å². The largest absolute Gasteiger partial charge is 0.497 e. The van der Waals surface area contributed by atoms with Crippen LogP contribution in [0.3, 0.4) is 0 Å². The van der Waals surface area contributed by atoms with E-state index in [1.54, 1.807) is 19.2 Å². The fraction of sp³-hybridized carbons (Fsp3) is 0.143. The zero-order chi connectivity index (χ0) is 19.7. The second-order valence-corrected chi connectivity index (χ2v) is 7.31. The second-order valence-electron chi connectivity index (χ2n) is 6.36. The normalized spacial score (nSPS) is 11.1. The number of nitrogens with one attached hydrogen (secondary N) is 1. The van der Waals surface area contributed by atoms with Crippen LogP contribution < -0.4 is 10.3 Å². The summed E-state index contributed by atoms with van der Waals surface area (Å²) >= 11 is 1.45. The van der Waals surface area contributed by atoms with Crippen molar-refractivity contribution in [3.8, 4) is 11.4 Å². The Kier molecular flexibility index (Phi) is 4.92. The number of aromatic amines is 1. The van der Waals surface area contributed by atoms with E-state index in [0.29, 0.717) is 27.6 Å². The third kappa shape index (κ3) is 3.53. The number of aromatic nitrogens is 3. The van der Waals surface area contributed by atoms with Crippen molar-refractivity contribution in [2.75, 3.05) is 7.11 Å². The molecule has 5 nitrogen and oxygen atoms in total. The molecule has 7 heteroatoms. The van der Waals surface area contributed by atoms with Crippen molar-refractivity contribution in [3.63, 3.8) is 0 Å². The van der Waals surface area contributed by atoms with E-state index in [9.17, 15) is 9.18 Å². The van der Waals surface area contributed by atoms with Crippen LogP contribution in [0.2, 0.25) is 0 Å². The Labute approximate surface area is 165 Å². The van der Waals surface area contributed by atoms with E-state index in [1.165, 1.54) is 28.5 Å². The van der Waals surface area contributed by atoms with Gasteiger partial charge < -0.3 is 9.72 Å². The van der Waals surface area contributed by atoms with Crippen molar-refractivity contribution >= 4 is 22.8 Å². The molecule has 0 aliphatic rings. The van der Waals surface area contributed by atoms with Crippen molar-refractivity contribution in [1.82, 2.24) is 14.5 Å². The van der Waals surface area contributed by atoms with E-state index in [0.717, 1.165) is 17.0 Å². The van der Waals surface area contributed by atoms with Crippen LogP contribution in [0, 0.1) is 12.7 Å². The molecule has 0 radical (unpaired) electrons. The summed E-state index contributed by atoms with van der Waals surface area (Å²) in [5, 5.41) is 0.547. The molecule has 0 fully saturated rings. The lowest BCUT2D eigenvalue weighted by atomic mass is 10.2. The first kappa shape index (κ1) is 18.3. The number of thioether (sulfide) groups is 1. The average Bonchev–Trinajstić information content (AvgIpc) is 3.08. The Bertz CT molecular complexity index is 1200. The molecular weight excluding hydrogens is 377 g/mol. The molecule has 4 rings (SSSR count). The van der Waals surface area contributed by atoms with E-state index in [1.807, 2.05) is 37.3 Å². The lowest BCUT2D eigenvalue weighted by Crippen LogP contribution is -2.21. The van der Waals surface area contributed by atoms with Crippen molar-refractivity contribution < 1.29 is 9.13 Å². The number of aryl methyl sites for hydroxylation is 1. The molecule has 142 valence electrons. The van der Waals surface area contributed by atoms with Crippen LogP contribution in [0.15, 0.2) is 64.5 Å². The molecule has 1 N–H and O–H groups in total. The van der Waals surface area contributed by atoms with Gasteiger partial charge in [-0.1, -0.05) is 23.9 Å². The van der Waals surface area contributed by atoms with Gasteiger partial charge in [0.05, 0.1) is 18.3 Å². The lowest BCUT2D eigenvalue weighted by molar-refractivity contribution is 0.414. The molecule has 2 aromatic heterocycles. The van der Waals surface area contributed by atoms with Crippen LogP contribution in [-0.2, 0) is 5.75 Å². The molecule has 0 amide bonds. The minimum absolute atomic E-state index is 0.210. The van der Waals surface area contributed by atoms with Crippen LogP contribution in [0.4, 0.5) is 4.39 Å². The molecule has 2 aromatic carbocycles. The number of methoxy groups -OCH3 is 1. The average molecular weight is 395 g/mol. The number of benzene rings is 2. The van der Waals surface area contributed by atoms with Gasteiger partial charge in [0.1, 0.15) is 17.1 Å². The van der Waals surface area contributed by atoms with Gasteiger partial charge in [-0.05, 0) is 55.0 Å². The molecule has 0 bridgehead atoms. The summed E-state index contributed by atoms with van der Waals surface area (Å²) in [5.41, 5.74) is 3.33. The SMILES string of the molecule is COc1cccc(CSc2nc3cc(C)[nH]c3c(=O)n2-c2ccc(F)cc2)c1. The van der Waals surface area contributed by atoms with Gasteiger partial charge in [-0.15, -0.1) is 0 Å². The maximum atomic E-state index is 13.4. The monoisotopic (exact) mass is 395 g/mol. The summed E-state index contributed by atoms with van der Waals surface area (Å²) in [5.74, 6) is 1.03. The number of hydrogen-bond donors (Lipinski definition) is 1. The van der Waals surface area contributed by atoms with E-state index in [4.69, 9.17) is 4.74 Å². The molecule has 0 saturated carbocycles. The number of ether oxygens (including phenoxy) is 1. The van der Waals surface area contributed by atoms with Gasteiger partial charge >= 0.3 is 0 Å². The first-order valence-corrected chi connectivity index (χ1v) is 9.68. The summed E-state index contributed by atoms with van der Waals surface area (Å²) < 4.78 is 20.2. The van der Waals surface area contributed by atoms with Gasteiger partial charge in [-0.3, -0.25) is 9.36 Å². The van der Waals surface area contributed by atoms with Crippen LogP contribution in [0.25, 0.3) is 16.7 Å². The zero-order valence-electron chi connectivity index (χ0n) is 15.4. The summed E-state index contributed by atoms with van der Waals surface area (Å²) in [7, 11) is 1.63. The second kappa shape index (κ2) is 7.52. The number of fused-ring (bicyclic) bond motifs is 1. The fourth-order valence-electron chi connectivity index (χ4n) is 3.00. The minimum Gasteiger partial charge on any atom is -0.497 e. The number of halogens is 1. The summed E-state index contributed by atoms with van der Waals surface area (Å²) in [4.78, 5) is 20.9. The maximum Gasteiger partial charge on any atom is 0.283 e. The third-order valence-corrected chi connectivity index (χ3v) is 5.35. The highest BCUT2D eigenvalue weighted by Gasteiger charge is 2.15. The van der Waals surface area contributed by atoms with Crippen LogP contribution in [0.1, 0.15) is 11.3 Å². The van der Waals surface area contributed by atoms with Crippen molar-refractivity contribution in [1.29, 1.82) is 0 Å². The van der Waals surface area contributed by atoms with E-state index < -0.39 is 0 Å². The molecule has 0 saturated heterocycles. The van der Waals surface area contributed by atoms with Gasteiger partial charge in [0, 0.05) is 11.4 Å². The third-order valence-electron chi connectivity index (χ3n) is 4.34. The standard InChI is InChI=1S/C21H18FN3O2S/c1-13-10-18-19(23-13)20(26)25(16-8-6-15(22)7-9-16)21(24-18)28-12-14-4-3-5-17(11-14)27-2/h3-11,23H,12H2,1-2H3.